The molecule has 3 amide bonds. The van der Waals surface area contributed by atoms with Crippen molar-refractivity contribution >= 4 is 72.0 Å². The highest BCUT2D eigenvalue weighted by Gasteiger charge is 2.66. The third-order valence-electron chi connectivity index (χ3n) is 6.79. The highest BCUT2D eigenvalue weighted by molar-refractivity contribution is 9.12. The standard InChI is InChI=1S/C23H20Br2N2O5/c24-20-13-8-14(21(20)25)19-18(13)22(30)27(23(19)31)9-17(29)32-10-16(28)26-15-7-3-5-11-4-1-2-6-12(11)15/h1-7,13-14,18-21H,8-10H2,(H,26,28)/t13-,14-,18-,19-,20-,21+/m1/s1. The molecule has 1 heterocycles. The molecular weight excluding hydrogens is 544 g/mol. The van der Waals surface area contributed by atoms with E-state index >= 15 is 0 Å². The first-order valence-corrected chi connectivity index (χ1v) is 12.3. The van der Waals surface area contributed by atoms with Crippen molar-refractivity contribution in [3.8, 4) is 0 Å². The average molecular weight is 564 g/mol. The Bertz CT molecular complexity index is 1100. The molecule has 2 aliphatic carbocycles. The maximum absolute atomic E-state index is 12.9. The number of nitrogens with zero attached hydrogens (tertiary/aromatic N) is 1. The molecule has 0 unspecified atom stereocenters. The zero-order valence-electron chi connectivity index (χ0n) is 16.9. The van der Waals surface area contributed by atoms with E-state index < -0.39 is 25.0 Å². The van der Waals surface area contributed by atoms with Gasteiger partial charge in [0, 0.05) is 20.7 Å². The van der Waals surface area contributed by atoms with Gasteiger partial charge in [0.2, 0.25) is 11.8 Å². The molecule has 1 aliphatic heterocycles. The maximum Gasteiger partial charge on any atom is 0.326 e. The van der Waals surface area contributed by atoms with Crippen LogP contribution in [0.5, 0.6) is 0 Å². The molecule has 1 saturated heterocycles. The summed E-state index contributed by atoms with van der Waals surface area (Å²) in [4.78, 5) is 51.6. The lowest BCUT2D eigenvalue weighted by molar-refractivity contribution is -0.154. The number of benzene rings is 2. The van der Waals surface area contributed by atoms with Crippen LogP contribution in [-0.4, -0.2) is 51.4 Å². The molecule has 3 aliphatic rings. The third-order valence-corrected chi connectivity index (χ3v) is 10.0. The Balaban J connectivity index is 1.18. The van der Waals surface area contributed by atoms with Gasteiger partial charge in [0.15, 0.2) is 6.61 Å². The number of carbonyl (C=O) groups is 4. The predicted octanol–water partition coefficient (Wildman–Crippen LogP) is 3.10. The number of rotatable bonds is 5. The van der Waals surface area contributed by atoms with Crippen molar-refractivity contribution in [1.29, 1.82) is 0 Å². The van der Waals surface area contributed by atoms with Crippen molar-refractivity contribution in [3.05, 3.63) is 42.5 Å². The highest BCUT2D eigenvalue weighted by Crippen LogP contribution is 2.60. The minimum atomic E-state index is -0.780. The van der Waals surface area contributed by atoms with Gasteiger partial charge in [0.25, 0.3) is 5.91 Å². The third kappa shape index (κ3) is 3.46. The molecule has 1 N–H and O–H groups in total. The number of nitrogens with one attached hydrogen (secondary N) is 1. The molecule has 0 radical (unpaired) electrons. The van der Waals surface area contributed by atoms with Gasteiger partial charge < -0.3 is 10.1 Å². The summed E-state index contributed by atoms with van der Waals surface area (Å²) >= 11 is 7.27. The number of hydrogen-bond acceptors (Lipinski definition) is 5. The number of hydrogen-bond donors (Lipinski definition) is 1. The number of halogens is 2. The lowest BCUT2D eigenvalue weighted by Crippen LogP contribution is -2.38. The van der Waals surface area contributed by atoms with E-state index in [1.54, 1.807) is 6.07 Å². The Hall–Kier alpha value is -2.26. The normalized spacial score (nSPS) is 30.6. The van der Waals surface area contributed by atoms with Gasteiger partial charge in [-0.3, -0.25) is 24.1 Å². The Morgan fingerprint density at radius 2 is 1.59 bits per heavy atom. The molecule has 6 atom stereocenters. The molecule has 166 valence electrons. The second-order valence-corrected chi connectivity index (χ2v) is 10.6. The summed E-state index contributed by atoms with van der Waals surface area (Å²) in [6, 6.07) is 13.1. The van der Waals surface area contributed by atoms with Crippen LogP contribution in [0.4, 0.5) is 5.69 Å². The Labute approximate surface area is 201 Å². The van der Waals surface area contributed by atoms with Gasteiger partial charge >= 0.3 is 5.97 Å². The van der Waals surface area contributed by atoms with Gasteiger partial charge in [0.05, 0.1) is 11.8 Å². The fourth-order valence-corrected chi connectivity index (χ4v) is 7.28. The summed E-state index contributed by atoms with van der Waals surface area (Å²) in [5.41, 5.74) is 0.617. The summed E-state index contributed by atoms with van der Waals surface area (Å²) in [6.45, 7) is -0.963. The van der Waals surface area contributed by atoms with Crippen molar-refractivity contribution in [2.75, 3.05) is 18.5 Å². The number of amides is 3. The lowest BCUT2D eigenvalue weighted by Gasteiger charge is -2.28. The first kappa shape index (κ1) is 21.6. The topological polar surface area (TPSA) is 92.8 Å². The molecule has 5 rings (SSSR count). The number of esters is 1. The van der Waals surface area contributed by atoms with E-state index in [1.165, 1.54) is 0 Å². The van der Waals surface area contributed by atoms with Crippen LogP contribution in [-0.2, 0) is 23.9 Å². The molecule has 32 heavy (non-hydrogen) atoms. The van der Waals surface area contributed by atoms with Gasteiger partial charge in [-0.2, -0.15) is 0 Å². The van der Waals surface area contributed by atoms with Crippen molar-refractivity contribution in [2.45, 2.75) is 16.1 Å². The largest absolute Gasteiger partial charge is 0.454 e. The number of carbonyl (C=O) groups excluding carboxylic acids is 4. The van der Waals surface area contributed by atoms with Crippen molar-refractivity contribution in [3.63, 3.8) is 0 Å². The second kappa shape index (κ2) is 8.26. The Morgan fingerprint density at radius 3 is 2.28 bits per heavy atom. The minimum absolute atomic E-state index is 0.0818. The summed E-state index contributed by atoms with van der Waals surface area (Å²) < 4.78 is 5.06. The highest BCUT2D eigenvalue weighted by atomic mass is 79.9. The summed E-state index contributed by atoms with van der Waals surface area (Å²) in [5.74, 6) is -2.49. The summed E-state index contributed by atoms with van der Waals surface area (Å²) in [6.07, 6.45) is 0.825. The second-order valence-electron chi connectivity index (χ2n) is 8.50. The average Bonchev–Trinajstić information content (AvgIpc) is 3.39. The van der Waals surface area contributed by atoms with Gasteiger partial charge in [-0.1, -0.05) is 68.3 Å². The van der Waals surface area contributed by atoms with Crippen molar-refractivity contribution < 1.29 is 23.9 Å². The smallest absolute Gasteiger partial charge is 0.326 e. The van der Waals surface area contributed by atoms with Crippen LogP contribution in [0.2, 0.25) is 0 Å². The van der Waals surface area contributed by atoms with E-state index in [9.17, 15) is 19.2 Å². The summed E-state index contributed by atoms with van der Waals surface area (Å²) in [7, 11) is 0. The summed E-state index contributed by atoms with van der Waals surface area (Å²) in [5, 5.41) is 4.59. The monoisotopic (exact) mass is 562 g/mol. The first-order valence-electron chi connectivity index (χ1n) is 10.4. The van der Waals surface area contributed by atoms with Crippen molar-refractivity contribution in [1.82, 2.24) is 4.90 Å². The molecule has 2 bridgehead atoms. The van der Waals surface area contributed by atoms with E-state index in [4.69, 9.17) is 4.74 Å². The quantitative estimate of drug-likeness (QED) is 0.343. The minimum Gasteiger partial charge on any atom is -0.454 e. The van der Waals surface area contributed by atoms with E-state index in [2.05, 4.69) is 37.2 Å². The maximum atomic E-state index is 12.9. The molecule has 7 nitrogen and oxygen atoms in total. The van der Waals surface area contributed by atoms with Gasteiger partial charge in [-0.25, -0.2) is 0 Å². The van der Waals surface area contributed by atoms with Gasteiger partial charge in [-0.15, -0.1) is 0 Å². The SMILES string of the molecule is O=C(COC(=O)CN1C(=O)[C@@H]2[C@H]3C[C@@H]([C@@H](Br)[C@H]3Br)[C@H]2C1=O)Nc1cccc2ccccc12. The molecule has 0 spiro atoms. The first-order chi connectivity index (χ1) is 15.4. The van der Waals surface area contributed by atoms with Crippen LogP contribution in [0.15, 0.2) is 42.5 Å². The van der Waals surface area contributed by atoms with Crippen LogP contribution in [0.3, 0.4) is 0 Å². The molecule has 2 aromatic carbocycles. The molecular formula is C23H20Br2N2O5. The van der Waals surface area contributed by atoms with Crippen LogP contribution in [0.1, 0.15) is 6.42 Å². The Kier molecular flexibility index (Phi) is 5.57. The number of anilines is 1. The van der Waals surface area contributed by atoms with Gasteiger partial charge in [0.1, 0.15) is 6.54 Å². The number of likely N-dealkylation sites (tertiary alicyclic amines) is 1. The van der Waals surface area contributed by atoms with E-state index in [-0.39, 0.29) is 45.1 Å². The fourth-order valence-electron chi connectivity index (χ4n) is 5.41. The predicted molar refractivity (Wildman–Crippen MR) is 124 cm³/mol. The number of ether oxygens (including phenoxy) is 1. The molecule has 0 aromatic heterocycles. The molecule has 3 fully saturated rings. The molecule has 2 saturated carbocycles. The molecule has 9 heteroatoms. The zero-order chi connectivity index (χ0) is 22.6. The fraction of sp³-hybridized carbons (Fsp3) is 0.391. The number of imide groups is 1. The van der Waals surface area contributed by atoms with Crippen LogP contribution in [0, 0.1) is 23.7 Å². The van der Waals surface area contributed by atoms with E-state index in [0.29, 0.717) is 5.69 Å². The van der Waals surface area contributed by atoms with Gasteiger partial charge in [-0.05, 0) is 29.7 Å². The Morgan fingerprint density at radius 1 is 0.969 bits per heavy atom. The zero-order valence-corrected chi connectivity index (χ0v) is 20.0. The van der Waals surface area contributed by atoms with Crippen LogP contribution in [0.25, 0.3) is 10.8 Å². The van der Waals surface area contributed by atoms with E-state index in [1.807, 2.05) is 36.4 Å². The lowest BCUT2D eigenvalue weighted by atomic mass is 9.81. The van der Waals surface area contributed by atoms with E-state index in [0.717, 1.165) is 22.1 Å². The number of fused-ring (bicyclic) bond motifs is 6. The van der Waals surface area contributed by atoms with Crippen molar-refractivity contribution in [2.24, 2.45) is 23.7 Å². The van der Waals surface area contributed by atoms with Crippen LogP contribution < -0.4 is 5.32 Å². The molecule has 2 aromatic rings. The number of alkyl halides is 2. The van der Waals surface area contributed by atoms with Crippen LogP contribution >= 0.6 is 31.9 Å².